The zero-order valence-electron chi connectivity index (χ0n) is 17.5. The van der Waals surface area contributed by atoms with Gasteiger partial charge in [0, 0.05) is 30.1 Å². The largest absolute Gasteiger partial charge is 0.371 e. The van der Waals surface area contributed by atoms with Gasteiger partial charge in [0.1, 0.15) is 11.9 Å². The number of hydrogen-bond donors (Lipinski definition) is 0. The van der Waals surface area contributed by atoms with Crippen molar-refractivity contribution in [2.24, 2.45) is 5.92 Å². The van der Waals surface area contributed by atoms with Gasteiger partial charge in [0.25, 0.3) is 0 Å². The van der Waals surface area contributed by atoms with Gasteiger partial charge in [-0.15, -0.1) is 0 Å². The van der Waals surface area contributed by atoms with Gasteiger partial charge < -0.3 is 9.64 Å². The standard InChI is InChI=1S/C26H27FN2O2/c27-21-13-11-20(12-14-21)25(29-16-2-1-8-23(29)30)26(31-17-18-9-10-18)22-7-3-5-19-6-4-15-28-24(19)22/h3-7,11-15,18,25-26H,1-2,8-10,16-17H2/t25-,26+/m1/s1. The van der Waals surface area contributed by atoms with Crippen molar-refractivity contribution in [1.82, 2.24) is 9.88 Å². The van der Waals surface area contributed by atoms with Gasteiger partial charge in [0.15, 0.2) is 0 Å². The van der Waals surface area contributed by atoms with Crippen molar-refractivity contribution in [2.75, 3.05) is 13.2 Å². The Bertz CT molecular complexity index is 1060. The van der Waals surface area contributed by atoms with Crippen molar-refractivity contribution >= 4 is 16.8 Å². The molecular weight excluding hydrogens is 391 g/mol. The molecule has 1 saturated heterocycles. The first-order chi connectivity index (χ1) is 15.2. The van der Waals surface area contributed by atoms with Gasteiger partial charge in [-0.25, -0.2) is 4.39 Å². The van der Waals surface area contributed by atoms with E-state index in [0.717, 1.165) is 34.9 Å². The summed E-state index contributed by atoms with van der Waals surface area (Å²) in [5.41, 5.74) is 2.76. The summed E-state index contributed by atoms with van der Waals surface area (Å²) in [7, 11) is 0. The lowest BCUT2D eigenvalue weighted by Crippen LogP contribution is -2.41. The number of carbonyl (C=O) groups is 1. The Hall–Kier alpha value is -2.79. The number of amides is 1. The lowest BCUT2D eigenvalue weighted by atomic mass is 9.91. The van der Waals surface area contributed by atoms with E-state index in [2.05, 4.69) is 11.1 Å². The lowest BCUT2D eigenvalue weighted by molar-refractivity contribution is -0.140. The Morgan fingerprint density at radius 2 is 1.87 bits per heavy atom. The van der Waals surface area contributed by atoms with Crippen molar-refractivity contribution in [1.29, 1.82) is 0 Å². The van der Waals surface area contributed by atoms with Crippen LogP contribution in [0, 0.1) is 11.7 Å². The Labute approximate surface area is 182 Å². The highest BCUT2D eigenvalue weighted by Crippen LogP contribution is 2.42. The van der Waals surface area contributed by atoms with Gasteiger partial charge in [-0.3, -0.25) is 9.78 Å². The van der Waals surface area contributed by atoms with Crippen molar-refractivity contribution in [3.8, 4) is 0 Å². The maximum atomic E-state index is 13.7. The van der Waals surface area contributed by atoms with Crippen molar-refractivity contribution in [2.45, 2.75) is 44.2 Å². The van der Waals surface area contributed by atoms with Gasteiger partial charge >= 0.3 is 0 Å². The zero-order chi connectivity index (χ0) is 21.2. The van der Waals surface area contributed by atoms with Crippen LogP contribution in [0.25, 0.3) is 10.9 Å². The van der Waals surface area contributed by atoms with Gasteiger partial charge in [0.05, 0.1) is 18.2 Å². The molecule has 2 heterocycles. The third kappa shape index (κ3) is 4.33. The molecule has 1 aliphatic carbocycles. The molecule has 0 unspecified atom stereocenters. The molecule has 3 aromatic rings. The third-order valence-corrected chi connectivity index (χ3v) is 6.37. The molecule has 5 heteroatoms. The lowest BCUT2D eigenvalue weighted by Gasteiger charge is -2.40. The van der Waals surface area contributed by atoms with E-state index in [1.807, 2.05) is 29.2 Å². The summed E-state index contributed by atoms with van der Waals surface area (Å²) < 4.78 is 20.3. The first-order valence-corrected chi connectivity index (χ1v) is 11.2. The SMILES string of the molecule is O=C1CCCCN1[C@H](c1ccc(F)cc1)[C@@H](OCC1CC1)c1cccc2cccnc12. The first-order valence-electron chi connectivity index (χ1n) is 11.2. The molecular formula is C26H27FN2O2. The summed E-state index contributed by atoms with van der Waals surface area (Å²) in [6.07, 6.45) is 6.21. The maximum Gasteiger partial charge on any atom is 0.223 e. The van der Waals surface area contributed by atoms with E-state index in [1.54, 1.807) is 18.3 Å². The van der Waals surface area contributed by atoms with Crippen LogP contribution in [0.3, 0.4) is 0 Å². The molecule has 1 aromatic heterocycles. The van der Waals surface area contributed by atoms with Crippen LogP contribution < -0.4 is 0 Å². The summed E-state index contributed by atoms with van der Waals surface area (Å²) in [4.78, 5) is 19.6. The number of aromatic nitrogens is 1. The number of carbonyl (C=O) groups excluding carboxylic acids is 1. The van der Waals surface area contributed by atoms with Crippen LogP contribution in [-0.2, 0) is 9.53 Å². The Kier molecular flexibility index (Phi) is 5.68. The van der Waals surface area contributed by atoms with Crippen LogP contribution in [0.5, 0.6) is 0 Å². The first kappa shape index (κ1) is 20.1. The predicted octanol–water partition coefficient (Wildman–Crippen LogP) is 5.60. The Morgan fingerprint density at radius 1 is 1.06 bits per heavy atom. The summed E-state index contributed by atoms with van der Waals surface area (Å²) in [6, 6.07) is 16.3. The second-order valence-electron chi connectivity index (χ2n) is 8.66. The molecule has 1 aliphatic heterocycles. The maximum absolute atomic E-state index is 13.7. The van der Waals surface area contributed by atoms with E-state index < -0.39 is 0 Å². The monoisotopic (exact) mass is 418 g/mol. The zero-order valence-corrected chi connectivity index (χ0v) is 17.5. The van der Waals surface area contributed by atoms with Crippen molar-refractivity contribution in [3.63, 3.8) is 0 Å². The van der Waals surface area contributed by atoms with E-state index in [0.29, 0.717) is 25.5 Å². The smallest absolute Gasteiger partial charge is 0.223 e. The molecule has 2 aliphatic rings. The highest BCUT2D eigenvalue weighted by Gasteiger charge is 2.37. The van der Waals surface area contributed by atoms with Crippen LogP contribution in [-0.4, -0.2) is 28.9 Å². The topological polar surface area (TPSA) is 42.4 Å². The van der Waals surface area contributed by atoms with Crippen LogP contribution >= 0.6 is 0 Å². The average molecular weight is 419 g/mol. The van der Waals surface area contributed by atoms with Crippen LogP contribution in [0.15, 0.2) is 60.8 Å². The molecule has 0 spiro atoms. The molecule has 4 nitrogen and oxygen atoms in total. The molecule has 160 valence electrons. The normalized spacial score (nSPS) is 18.9. The number of ether oxygens (including phenoxy) is 1. The van der Waals surface area contributed by atoms with Gasteiger partial charge in [-0.1, -0.05) is 36.4 Å². The fourth-order valence-electron chi connectivity index (χ4n) is 4.53. The number of nitrogens with zero attached hydrogens (tertiary/aromatic N) is 2. The Morgan fingerprint density at radius 3 is 2.65 bits per heavy atom. The molecule has 5 rings (SSSR count). The molecule has 31 heavy (non-hydrogen) atoms. The minimum absolute atomic E-state index is 0.133. The molecule has 1 amide bonds. The van der Waals surface area contributed by atoms with E-state index in [-0.39, 0.29) is 23.9 Å². The highest BCUT2D eigenvalue weighted by atomic mass is 19.1. The van der Waals surface area contributed by atoms with Gasteiger partial charge in [-0.05, 0) is 55.4 Å². The minimum Gasteiger partial charge on any atom is -0.371 e. The van der Waals surface area contributed by atoms with Crippen LogP contribution in [0.1, 0.15) is 55.4 Å². The minimum atomic E-state index is -0.369. The predicted molar refractivity (Wildman–Crippen MR) is 118 cm³/mol. The number of rotatable bonds is 7. The van der Waals surface area contributed by atoms with Crippen LogP contribution in [0.4, 0.5) is 4.39 Å². The number of likely N-dealkylation sites (tertiary alicyclic amines) is 1. The molecule has 2 aromatic carbocycles. The molecule has 0 bridgehead atoms. The number of pyridine rings is 1. The number of benzene rings is 2. The molecule has 0 N–H and O–H groups in total. The van der Waals surface area contributed by atoms with Crippen LogP contribution in [0.2, 0.25) is 0 Å². The molecule has 0 radical (unpaired) electrons. The summed E-state index contributed by atoms with van der Waals surface area (Å²) >= 11 is 0. The second kappa shape index (κ2) is 8.75. The summed E-state index contributed by atoms with van der Waals surface area (Å²) in [5, 5.41) is 1.04. The number of fused-ring (bicyclic) bond motifs is 1. The number of para-hydroxylation sites is 1. The fourth-order valence-corrected chi connectivity index (χ4v) is 4.53. The molecule has 2 atom stereocenters. The van der Waals surface area contributed by atoms with E-state index in [9.17, 15) is 9.18 Å². The number of hydrogen-bond acceptors (Lipinski definition) is 3. The van der Waals surface area contributed by atoms with Crippen molar-refractivity contribution in [3.05, 3.63) is 77.7 Å². The average Bonchev–Trinajstić information content (AvgIpc) is 3.63. The van der Waals surface area contributed by atoms with E-state index in [4.69, 9.17) is 4.74 Å². The van der Waals surface area contributed by atoms with Gasteiger partial charge in [0.2, 0.25) is 5.91 Å². The summed E-state index contributed by atoms with van der Waals surface area (Å²) in [5.74, 6) is 0.430. The fraction of sp³-hybridized carbons (Fsp3) is 0.385. The quantitative estimate of drug-likeness (QED) is 0.502. The Balaban J connectivity index is 1.63. The second-order valence-corrected chi connectivity index (χ2v) is 8.66. The third-order valence-electron chi connectivity index (χ3n) is 6.37. The van der Waals surface area contributed by atoms with Gasteiger partial charge in [-0.2, -0.15) is 0 Å². The number of piperidine rings is 1. The molecule has 1 saturated carbocycles. The summed E-state index contributed by atoms with van der Waals surface area (Å²) in [6.45, 7) is 1.34. The van der Waals surface area contributed by atoms with Crippen molar-refractivity contribution < 1.29 is 13.9 Å². The van der Waals surface area contributed by atoms with E-state index in [1.165, 1.54) is 25.0 Å². The highest BCUT2D eigenvalue weighted by molar-refractivity contribution is 5.82. The number of halogens is 1. The van der Waals surface area contributed by atoms with E-state index >= 15 is 0 Å². The molecule has 2 fully saturated rings.